The van der Waals surface area contributed by atoms with Gasteiger partial charge in [-0.3, -0.25) is 9.78 Å². The number of amides is 1. The van der Waals surface area contributed by atoms with Crippen LogP contribution in [0.2, 0.25) is 0 Å². The molecule has 132 valence electrons. The lowest BCUT2D eigenvalue weighted by Gasteiger charge is -2.26. The molecule has 6 heteroatoms. The molecule has 0 saturated carbocycles. The van der Waals surface area contributed by atoms with Crippen molar-refractivity contribution in [3.8, 4) is 11.5 Å². The van der Waals surface area contributed by atoms with E-state index in [1.54, 1.807) is 20.4 Å². The maximum absolute atomic E-state index is 12.6. The van der Waals surface area contributed by atoms with E-state index in [9.17, 15) is 4.79 Å². The van der Waals surface area contributed by atoms with Crippen LogP contribution in [-0.2, 0) is 19.5 Å². The van der Waals surface area contributed by atoms with Gasteiger partial charge in [-0.05, 0) is 42.3 Å². The summed E-state index contributed by atoms with van der Waals surface area (Å²) in [6.45, 7) is 2.20. The molecule has 1 amide bonds. The van der Waals surface area contributed by atoms with Gasteiger partial charge in [0.25, 0.3) is 5.91 Å². The zero-order chi connectivity index (χ0) is 17.8. The van der Waals surface area contributed by atoms with Crippen molar-refractivity contribution in [1.82, 2.24) is 15.2 Å². The van der Waals surface area contributed by atoms with Gasteiger partial charge in [-0.15, -0.1) is 0 Å². The normalized spacial score (nSPS) is 13.9. The molecule has 0 saturated heterocycles. The monoisotopic (exact) mass is 341 g/mol. The predicted molar refractivity (Wildman–Crippen MR) is 95.0 cm³/mol. The lowest BCUT2D eigenvalue weighted by Crippen LogP contribution is -2.30. The molecule has 1 aromatic carbocycles. The summed E-state index contributed by atoms with van der Waals surface area (Å²) in [5.74, 6) is 1.22. The lowest BCUT2D eigenvalue weighted by atomic mass is 9.97. The molecule has 0 radical (unpaired) electrons. The Bertz CT molecular complexity index is 777. The number of fused-ring (bicyclic) bond motifs is 1. The van der Waals surface area contributed by atoms with Crippen molar-refractivity contribution in [3.63, 3.8) is 0 Å². The number of ether oxygens (including phenoxy) is 2. The topological polar surface area (TPSA) is 63.7 Å². The average molecular weight is 341 g/mol. The van der Waals surface area contributed by atoms with E-state index in [1.165, 1.54) is 0 Å². The summed E-state index contributed by atoms with van der Waals surface area (Å²) in [6.07, 6.45) is 4.39. The van der Waals surface area contributed by atoms with E-state index in [-0.39, 0.29) is 5.91 Å². The fourth-order valence-corrected chi connectivity index (χ4v) is 3.10. The molecule has 1 aromatic heterocycles. The number of nitrogens with zero attached hydrogens (tertiary/aromatic N) is 2. The number of carbonyl (C=O) groups is 1. The second-order valence-electron chi connectivity index (χ2n) is 6.18. The number of aromatic nitrogens is 1. The second-order valence-corrected chi connectivity index (χ2v) is 6.18. The molecular formula is C19H23N3O3. The van der Waals surface area contributed by atoms with Crippen molar-refractivity contribution in [2.75, 3.05) is 27.8 Å². The van der Waals surface area contributed by atoms with Crippen molar-refractivity contribution >= 4 is 5.91 Å². The van der Waals surface area contributed by atoms with Gasteiger partial charge in [-0.2, -0.15) is 0 Å². The van der Waals surface area contributed by atoms with Crippen LogP contribution in [0, 0.1) is 0 Å². The summed E-state index contributed by atoms with van der Waals surface area (Å²) >= 11 is 0. The molecule has 0 aliphatic carbocycles. The largest absolute Gasteiger partial charge is 0.493 e. The first kappa shape index (κ1) is 17.2. The number of likely N-dealkylation sites (N-methyl/N-ethyl adjacent to an activating group) is 1. The molecule has 1 aliphatic heterocycles. The van der Waals surface area contributed by atoms with Crippen LogP contribution < -0.4 is 14.8 Å². The number of hydrogen-bond donors (Lipinski definition) is 1. The standard InChI is InChI=1S/C19H23N3O3/c1-22-7-6-15-14(12-22)10-20-11-16(15)19(23)21-9-13-4-5-17(24-2)18(8-13)25-3/h4-5,8,10-11H,6-7,9,12H2,1-3H3,(H,21,23). The third kappa shape index (κ3) is 3.74. The quantitative estimate of drug-likeness (QED) is 0.901. The number of rotatable bonds is 5. The fourth-order valence-electron chi connectivity index (χ4n) is 3.10. The van der Waals surface area contributed by atoms with Gasteiger partial charge in [0.1, 0.15) is 0 Å². The third-order valence-corrected chi connectivity index (χ3v) is 4.48. The first-order chi connectivity index (χ1) is 12.1. The Hall–Kier alpha value is -2.60. The number of hydrogen-bond acceptors (Lipinski definition) is 5. The van der Waals surface area contributed by atoms with Crippen molar-refractivity contribution in [2.45, 2.75) is 19.5 Å². The Morgan fingerprint density at radius 1 is 1.24 bits per heavy atom. The minimum absolute atomic E-state index is 0.0938. The maximum Gasteiger partial charge on any atom is 0.253 e. The smallest absolute Gasteiger partial charge is 0.253 e. The molecule has 2 aromatic rings. The Kier molecular flexibility index (Phi) is 5.19. The van der Waals surface area contributed by atoms with Gasteiger partial charge >= 0.3 is 0 Å². The van der Waals surface area contributed by atoms with Gasteiger partial charge in [0.2, 0.25) is 0 Å². The molecule has 0 unspecified atom stereocenters. The first-order valence-corrected chi connectivity index (χ1v) is 8.25. The highest BCUT2D eigenvalue weighted by Gasteiger charge is 2.20. The Labute approximate surface area is 147 Å². The highest BCUT2D eigenvalue weighted by molar-refractivity contribution is 5.95. The maximum atomic E-state index is 12.6. The van der Waals surface area contributed by atoms with Crippen molar-refractivity contribution in [3.05, 3.63) is 52.8 Å². The average Bonchev–Trinajstić information content (AvgIpc) is 2.65. The van der Waals surface area contributed by atoms with Gasteiger partial charge in [0, 0.05) is 32.0 Å². The molecule has 0 fully saturated rings. The van der Waals surface area contributed by atoms with Crippen LogP contribution in [-0.4, -0.2) is 43.6 Å². The van der Waals surface area contributed by atoms with E-state index in [1.807, 2.05) is 24.4 Å². The summed E-state index contributed by atoms with van der Waals surface area (Å²) < 4.78 is 10.5. The van der Waals surface area contributed by atoms with Crippen LogP contribution in [0.3, 0.4) is 0 Å². The Morgan fingerprint density at radius 3 is 2.80 bits per heavy atom. The summed E-state index contributed by atoms with van der Waals surface area (Å²) in [5.41, 5.74) is 3.86. The van der Waals surface area contributed by atoms with Crippen LogP contribution in [0.1, 0.15) is 27.0 Å². The van der Waals surface area contributed by atoms with Crippen molar-refractivity contribution < 1.29 is 14.3 Å². The van der Waals surface area contributed by atoms with Gasteiger partial charge in [-0.1, -0.05) is 6.07 Å². The Morgan fingerprint density at radius 2 is 2.04 bits per heavy atom. The van der Waals surface area contributed by atoms with Crippen LogP contribution in [0.4, 0.5) is 0 Å². The highest BCUT2D eigenvalue weighted by atomic mass is 16.5. The van der Waals surface area contributed by atoms with E-state index >= 15 is 0 Å². The molecule has 1 aliphatic rings. The number of benzene rings is 1. The molecule has 0 atom stereocenters. The third-order valence-electron chi connectivity index (χ3n) is 4.48. The molecule has 0 spiro atoms. The van der Waals surface area contributed by atoms with E-state index in [0.29, 0.717) is 23.6 Å². The second kappa shape index (κ2) is 7.53. The van der Waals surface area contributed by atoms with Crippen molar-refractivity contribution in [2.24, 2.45) is 0 Å². The van der Waals surface area contributed by atoms with Gasteiger partial charge in [0.15, 0.2) is 11.5 Å². The van der Waals surface area contributed by atoms with Gasteiger partial charge in [0.05, 0.1) is 19.8 Å². The van der Waals surface area contributed by atoms with Gasteiger partial charge < -0.3 is 19.7 Å². The van der Waals surface area contributed by atoms with Crippen LogP contribution in [0.5, 0.6) is 11.5 Å². The molecule has 3 rings (SSSR count). The number of carbonyl (C=O) groups excluding carboxylic acids is 1. The lowest BCUT2D eigenvalue weighted by molar-refractivity contribution is 0.0948. The minimum atomic E-state index is -0.0938. The highest BCUT2D eigenvalue weighted by Crippen LogP contribution is 2.27. The summed E-state index contributed by atoms with van der Waals surface area (Å²) in [4.78, 5) is 19.1. The van der Waals surface area contributed by atoms with E-state index in [4.69, 9.17) is 9.47 Å². The van der Waals surface area contributed by atoms with Gasteiger partial charge in [-0.25, -0.2) is 0 Å². The molecule has 1 N–H and O–H groups in total. The summed E-state index contributed by atoms with van der Waals surface area (Å²) in [7, 11) is 5.27. The van der Waals surface area contributed by atoms with Crippen LogP contribution in [0.25, 0.3) is 0 Å². The number of methoxy groups -OCH3 is 2. The number of pyridine rings is 1. The van der Waals surface area contributed by atoms with E-state index < -0.39 is 0 Å². The van der Waals surface area contributed by atoms with Crippen LogP contribution in [0.15, 0.2) is 30.6 Å². The predicted octanol–water partition coefficient (Wildman–Crippen LogP) is 2.02. The van der Waals surface area contributed by atoms with Crippen LogP contribution >= 0.6 is 0 Å². The molecular weight excluding hydrogens is 318 g/mol. The first-order valence-electron chi connectivity index (χ1n) is 8.25. The minimum Gasteiger partial charge on any atom is -0.493 e. The molecule has 25 heavy (non-hydrogen) atoms. The number of nitrogens with one attached hydrogen (secondary N) is 1. The van der Waals surface area contributed by atoms with E-state index in [2.05, 4.69) is 22.2 Å². The zero-order valence-corrected chi connectivity index (χ0v) is 14.8. The zero-order valence-electron chi connectivity index (χ0n) is 14.8. The fraction of sp³-hybridized carbons (Fsp3) is 0.368. The van der Waals surface area contributed by atoms with Crippen molar-refractivity contribution in [1.29, 1.82) is 0 Å². The summed E-state index contributed by atoms with van der Waals surface area (Å²) in [6, 6.07) is 5.62. The molecule has 2 heterocycles. The molecule has 6 nitrogen and oxygen atoms in total. The molecule has 0 bridgehead atoms. The Balaban J connectivity index is 1.72. The van der Waals surface area contributed by atoms with E-state index in [0.717, 1.165) is 36.2 Å². The summed E-state index contributed by atoms with van der Waals surface area (Å²) in [5, 5.41) is 2.98. The SMILES string of the molecule is COc1ccc(CNC(=O)c2cncc3c2CCN(C)C3)cc1OC.